The second kappa shape index (κ2) is 5.40. The van der Waals surface area contributed by atoms with Gasteiger partial charge in [0.2, 0.25) is 11.8 Å². The van der Waals surface area contributed by atoms with Gasteiger partial charge in [-0.2, -0.15) is 13.2 Å². The number of benzene rings is 1. The Morgan fingerprint density at radius 1 is 1.25 bits per heavy atom. The number of nitrogens with zero attached hydrogens (tertiary/aromatic N) is 1. The molecule has 2 aliphatic rings. The van der Waals surface area contributed by atoms with E-state index < -0.39 is 45.8 Å². The summed E-state index contributed by atoms with van der Waals surface area (Å²) in [6, 6.07) is 3.11. The molecule has 1 saturated heterocycles. The fourth-order valence-electron chi connectivity index (χ4n) is 4.40. The van der Waals surface area contributed by atoms with Gasteiger partial charge in [0.25, 0.3) is 0 Å². The molecule has 0 radical (unpaired) electrons. The predicted molar refractivity (Wildman–Crippen MR) is 96.4 cm³/mol. The van der Waals surface area contributed by atoms with E-state index in [1.807, 2.05) is 0 Å². The van der Waals surface area contributed by atoms with Gasteiger partial charge >= 0.3 is 6.18 Å². The van der Waals surface area contributed by atoms with Crippen LogP contribution in [0.2, 0.25) is 0 Å². The molecule has 4 rings (SSSR count). The molecule has 2 aliphatic heterocycles. The Morgan fingerprint density at radius 2 is 1.86 bits per heavy atom. The van der Waals surface area contributed by atoms with Crippen molar-refractivity contribution in [3.63, 3.8) is 0 Å². The third-order valence-corrected chi connectivity index (χ3v) is 5.85. The standard InChI is InChI=1S/C18H17F3N2O4S/c1-16-6-10(24)17(2,27-16)12-11(16)14(25)23(15(12)26)7-3-4-8(13(22)28)9(5-7)18(19,20)21/h3-5,10,24-26H,6H2,1-2H3,(H2,22,28)/t10-,16+,17-/m0/s1. The van der Waals surface area contributed by atoms with E-state index in [9.17, 15) is 28.5 Å². The lowest BCUT2D eigenvalue weighted by molar-refractivity contribution is -0.137. The molecule has 0 aliphatic carbocycles. The Hall–Kier alpha value is -2.30. The normalized spacial score (nSPS) is 28.6. The molecule has 6 nitrogen and oxygen atoms in total. The predicted octanol–water partition coefficient (Wildman–Crippen LogP) is 2.77. The van der Waals surface area contributed by atoms with Crippen LogP contribution in [0.3, 0.4) is 0 Å². The van der Waals surface area contributed by atoms with Crippen molar-refractivity contribution < 1.29 is 33.2 Å². The number of halogens is 3. The van der Waals surface area contributed by atoms with E-state index in [4.69, 9.17) is 22.7 Å². The molecule has 5 N–H and O–H groups in total. The Balaban J connectivity index is 1.97. The average molecular weight is 414 g/mol. The molecule has 1 aromatic heterocycles. The lowest BCUT2D eigenvalue weighted by Gasteiger charge is -2.25. The van der Waals surface area contributed by atoms with Crippen molar-refractivity contribution in [3.8, 4) is 17.4 Å². The number of aromatic nitrogens is 1. The molecule has 1 fully saturated rings. The molecule has 0 amide bonds. The van der Waals surface area contributed by atoms with Crippen molar-refractivity contribution >= 4 is 17.2 Å². The van der Waals surface area contributed by atoms with Crippen LogP contribution in [0.4, 0.5) is 13.2 Å². The minimum absolute atomic E-state index is 0.127. The zero-order valence-electron chi connectivity index (χ0n) is 14.8. The van der Waals surface area contributed by atoms with Gasteiger partial charge in [0.15, 0.2) is 0 Å². The highest BCUT2D eigenvalue weighted by Crippen LogP contribution is 2.64. The van der Waals surface area contributed by atoms with E-state index in [1.165, 1.54) is 6.07 Å². The van der Waals surface area contributed by atoms with Crippen LogP contribution in [0, 0.1) is 0 Å². The zero-order chi connectivity index (χ0) is 20.8. The molecule has 28 heavy (non-hydrogen) atoms. The zero-order valence-corrected chi connectivity index (χ0v) is 15.6. The van der Waals surface area contributed by atoms with Crippen LogP contribution < -0.4 is 5.73 Å². The number of rotatable bonds is 2. The van der Waals surface area contributed by atoms with Gasteiger partial charge in [-0.25, -0.2) is 0 Å². The lowest BCUT2D eigenvalue weighted by Crippen LogP contribution is -2.32. The summed E-state index contributed by atoms with van der Waals surface area (Å²) < 4.78 is 47.2. The molecule has 0 unspecified atom stereocenters. The highest BCUT2D eigenvalue weighted by molar-refractivity contribution is 7.80. The summed E-state index contributed by atoms with van der Waals surface area (Å²) in [5.41, 5.74) is 1.90. The Kier molecular flexibility index (Phi) is 3.67. The molecule has 10 heteroatoms. The quantitative estimate of drug-likeness (QED) is 0.564. The summed E-state index contributed by atoms with van der Waals surface area (Å²) in [4.78, 5) is -0.420. The lowest BCUT2D eigenvalue weighted by atomic mass is 9.78. The summed E-state index contributed by atoms with van der Waals surface area (Å²) in [5, 5.41) is 31.8. The number of fused-ring (bicyclic) bond motifs is 5. The van der Waals surface area contributed by atoms with Gasteiger partial charge in [-0.1, -0.05) is 12.2 Å². The highest BCUT2D eigenvalue weighted by Gasteiger charge is 2.64. The van der Waals surface area contributed by atoms with Crippen molar-refractivity contribution in [3.05, 3.63) is 40.5 Å². The average Bonchev–Trinajstić information content (AvgIpc) is 3.07. The van der Waals surface area contributed by atoms with Crippen LogP contribution >= 0.6 is 12.2 Å². The van der Waals surface area contributed by atoms with Gasteiger partial charge in [-0.3, -0.25) is 4.57 Å². The minimum atomic E-state index is -4.74. The second-order valence-corrected chi connectivity index (χ2v) is 7.92. The molecule has 3 atom stereocenters. The SMILES string of the molecule is C[C@]12C[C@H](O)[C@](C)(O1)c1c2c(O)n(-c2ccc(C(N)=S)c(C(F)(F)F)c2)c1O. The van der Waals surface area contributed by atoms with Gasteiger partial charge in [0.05, 0.1) is 34.1 Å². The maximum Gasteiger partial charge on any atom is 0.417 e. The van der Waals surface area contributed by atoms with E-state index in [2.05, 4.69) is 0 Å². The first-order valence-corrected chi connectivity index (χ1v) is 8.79. The third kappa shape index (κ3) is 2.25. The summed E-state index contributed by atoms with van der Waals surface area (Å²) in [6.45, 7) is 3.21. The molecule has 0 saturated carbocycles. The van der Waals surface area contributed by atoms with Gasteiger partial charge < -0.3 is 25.8 Å². The van der Waals surface area contributed by atoms with Gasteiger partial charge in [-0.15, -0.1) is 0 Å². The summed E-state index contributed by atoms with van der Waals surface area (Å²) in [5.74, 6) is -0.935. The van der Waals surface area contributed by atoms with Crippen LogP contribution in [-0.4, -0.2) is 31.0 Å². The minimum Gasteiger partial charge on any atom is -0.494 e. The molecular formula is C18H17F3N2O4S. The fourth-order valence-corrected chi connectivity index (χ4v) is 4.57. The second-order valence-electron chi connectivity index (χ2n) is 7.48. The van der Waals surface area contributed by atoms with E-state index in [0.717, 1.165) is 16.7 Å². The molecule has 2 aromatic rings. The summed E-state index contributed by atoms with van der Waals surface area (Å²) >= 11 is 4.69. The van der Waals surface area contributed by atoms with Crippen LogP contribution in [0.1, 0.15) is 42.5 Å². The van der Waals surface area contributed by atoms with Crippen LogP contribution in [0.15, 0.2) is 18.2 Å². The number of alkyl halides is 3. The number of ether oxygens (including phenoxy) is 1. The molecule has 3 heterocycles. The van der Waals surface area contributed by atoms with Gasteiger partial charge in [0.1, 0.15) is 10.6 Å². The Labute approximate surface area is 163 Å². The monoisotopic (exact) mass is 414 g/mol. The van der Waals surface area contributed by atoms with Gasteiger partial charge in [-0.05, 0) is 32.0 Å². The van der Waals surface area contributed by atoms with Crippen molar-refractivity contribution in [2.45, 2.75) is 43.8 Å². The number of aliphatic hydroxyl groups excluding tert-OH is 1. The first kappa shape index (κ1) is 19.0. The van der Waals surface area contributed by atoms with Crippen LogP contribution in [-0.2, 0) is 22.1 Å². The third-order valence-electron chi connectivity index (χ3n) is 5.63. The largest absolute Gasteiger partial charge is 0.494 e. The van der Waals surface area contributed by atoms with E-state index in [-0.39, 0.29) is 28.8 Å². The maximum absolute atomic E-state index is 13.5. The number of aromatic hydroxyl groups is 2. The maximum atomic E-state index is 13.5. The van der Waals surface area contributed by atoms with E-state index in [0.29, 0.717) is 0 Å². The van der Waals surface area contributed by atoms with Crippen molar-refractivity contribution in [2.24, 2.45) is 5.73 Å². The van der Waals surface area contributed by atoms with Crippen LogP contribution in [0.5, 0.6) is 11.8 Å². The van der Waals surface area contributed by atoms with E-state index >= 15 is 0 Å². The number of thiocarbonyl (C=S) groups is 1. The van der Waals surface area contributed by atoms with Crippen LogP contribution in [0.25, 0.3) is 5.69 Å². The number of hydrogen-bond donors (Lipinski definition) is 4. The van der Waals surface area contributed by atoms with Crippen molar-refractivity contribution in [1.82, 2.24) is 4.57 Å². The fraction of sp³-hybridized carbons (Fsp3) is 0.389. The Morgan fingerprint density at radius 3 is 2.43 bits per heavy atom. The van der Waals surface area contributed by atoms with Crippen molar-refractivity contribution in [2.75, 3.05) is 0 Å². The smallest absolute Gasteiger partial charge is 0.417 e. The number of hydrogen-bond acceptors (Lipinski definition) is 5. The topological polar surface area (TPSA) is 101 Å². The molecule has 0 spiro atoms. The number of nitrogens with two attached hydrogens (primary N) is 1. The van der Waals surface area contributed by atoms with Gasteiger partial charge in [0, 0.05) is 12.0 Å². The molecule has 150 valence electrons. The summed E-state index contributed by atoms with van der Waals surface area (Å²) in [6.07, 6.45) is -5.50. The molecular weight excluding hydrogens is 397 g/mol. The molecule has 1 aromatic carbocycles. The number of aliphatic hydroxyl groups is 1. The Bertz CT molecular complexity index is 1030. The summed E-state index contributed by atoms with van der Waals surface area (Å²) in [7, 11) is 0. The first-order chi connectivity index (χ1) is 12.8. The highest BCUT2D eigenvalue weighted by atomic mass is 32.1. The van der Waals surface area contributed by atoms with E-state index in [1.54, 1.807) is 13.8 Å². The first-order valence-electron chi connectivity index (χ1n) is 8.38. The molecule has 2 bridgehead atoms. The van der Waals surface area contributed by atoms with Crippen molar-refractivity contribution in [1.29, 1.82) is 0 Å².